The van der Waals surface area contributed by atoms with Crippen molar-refractivity contribution >= 4 is 11.7 Å². The van der Waals surface area contributed by atoms with Gasteiger partial charge >= 0.3 is 6.03 Å². The molecule has 1 N–H and O–H groups in total. The van der Waals surface area contributed by atoms with Crippen LogP contribution in [-0.4, -0.2) is 37.3 Å². The second kappa shape index (κ2) is 7.08. The Bertz CT molecular complexity index is 1040. The predicted molar refractivity (Wildman–Crippen MR) is 117 cm³/mol. The van der Waals surface area contributed by atoms with Gasteiger partial charge in [0.15, 0.2) is 11.5 Å². The van der Waals surface area contributed by atoms with Gasteiger partial charge in [0.25, 0.3) is 0 Å². The molecule has 0 radical (unpaired) electrons. The maximum Gasteiger partial charge on any atom is 0.322 e. The first-order chi connectivity index (χ1) is 15.1. The van der Waals surface area contributed by atoms with E-state index in [2.05, 4.69) is 24.4 Å². The topological polar surface area (TPSA) is 60.0 Å². The zero-order valence-electron chi connectivity index (χ0n) is 17.9. The molecular weight excluding hydrogens is 392 g/mol. The molecule has 2 aromatic carbocycles. The summed E-state index contributed by atoms with van der Waals surface area (Å²) >= 11 is 0. The molecule has 162 valence electrons. The molecule has 3 aliphatic heterocycles. The largest absolute Gasteiger partial charge is 0.493 e. The van der Waals surface area contributed by atoms with Gasteiger partial charge in [-0.2, -0.15) is 0 Å². The summed E-state index contributed by atoms with van der Waals surface area (Å²) in [4.78, 5) is 15.5. The van der Waals surface area contributed by atoms with Crippen molar-refractivity contribution in [1.29, 1.82) is 0 Å². The number of anilines is 1. The van der Waals surface area contributed by atoms with E-state index in [-0.39, 0.29) is 17.5 Å². The van der Waals surface area contributed by atoms with Crippen LogP contribution in [-0.2, 0) is 11.8 Å². The van der Waals surface area contributed by atoms with Crippen LogP contribution in [0.15, 0.2) is 30.3 Å². The molecule has 1 unspecified atom stereocenters. The Kier molecular flexibility index (Phi) is 4.30. The summed E-state index contributed by atoms with van der Waals surface area (Å²) in [5.41, 5.74) is 4.53. The Morgan fingerprint density at radius 1 is 1.00 bits per heavy atom. The highest BCUT2D eigenvalue weighted by molar-refractivity contribution is 5.90. The number of hydrogen-bond acceptors (Lipinski definition) is 4. The number of amides is 2. The van der Waals surface area contributed by atoms with Gasteiger partial charge in [0, 0.05) is 24.1 Å². The fourth-order valence-corrected chi connectivity index (χ4v) is 5.81. The monoisotopic (exact) mass is 420 g/mol. The van der Waals surface area contributed by atoms with Gasteiger partial charge in [0.1, 0.15) is 19.0 Å². The Labute approximate surface area is 182 Å². The lowest BCUT2D eigenvalue weighted by molar-refractivity contribution is 0.149. The molecule has 0 bridgehead atoms. The van der Waals surface area contributed by atoms with E-state index < -0.39 is 0 Å². The van der Waals surface area contributed by atoms with Crippen LogP contribution in [0.4, 0.5) is 10.5 Å². The van der Waals surface area contributed by atoms with Crippen LogP contribution in [0, 0.1) is 0 Å². The van der Waals surface area contributed by atoms with Crippen LogP contribution in [0.3, 0.4) is 0 Å². The molecule has 1 saturated carbocycles. The van der Waals surface area contributed by atoms with Gasteiger partial charge in [-0.3, -0.25) is 0 Å². The smallest absolute Gasteiger partial charge is 0.322 e. The molecule has 1 aliphatic carbocycles. The number of hydrogen-bond donors (Lipinski definition) is 1. The zero-order chi connectivity index (χ0) is 21.0. The van der Waals surface area contributed by atoms with Crippen LogP contribution in [0.2, 0.25) is 0 Å². The van der Waals surface area contributed by atoms with Crippen LogP contribution >= 0.6 is 0 Å². The van der Waals surface area contributed by atoms with Crippen molar-refractivity contribution in [2.24, 2.45) is 0 Å². The lowest BCUT2D eigenvalue weighted by Gasteiger charge is -2.46. The predicted octanol–water partition coefficient (Wildman–Crippen LogP) is 4.81. The number of fused-ring (bicyclic) bond motifs is 4. The van der Waals surface area contributed by atoms with Crippen LogP contribution in [0.25, 0.3) is 0 Å². The summed E-state index contributed by atoms with van der Waals surface area (Å²) in [7, 11) is 0. The van der Waals surface area contributed by atoms with Crippen molar-refractivity contribution in [2.75, 3.05) is 31.7 Å². The van der Waals surface area contributed by atoms with E-state index in [0.29, 0.717) is 19.8 Å². The minimum absolute atomic E-state index is 0.000789. The highest BCUT2D eigenvalue weighted by Gasteiger charge is 2.46. The Hall–Kier alpha value is -2.89. The third kappa shape index (κ3) is 3.03. The molecule has 1 fully saturated rings. The quantitative estimate of drug-likeness (QED) is 0.719. The third-order valence-corrected chi connectivity index (χ3v) is 7.44. The second-order valence-electron chi connectivity index (χ2n) is 9.23. The van der Waals surface area contributed by atoms with E-state index in [1.54, 1.807) is 0 Å². The van der Waals surface area contributed by atoms with Crippen molar-refractivity contribution in [2.45, 2.75) is 50.5 Å². The summed E-state index contributed by atoms with van der Waals surface area (Å²) in [6.07, 6.45) is 5.49. The summed E-state index contributed by atoms with van der Waals surface area (Å²) in [5.74, 6) is 2.57. The van der Waals surface area contributed by atoms with Crippen molar-refractivity contribution in [3.63, 3.8) is 0 Å². The third-order valence-electron chi connectivity index (χ3n) is 7.44. The molecule has 31 heavy (non-hydrogen) atoms. The molecule has 0 saturated heterocycles. The molecule has 3 heterocycles. The first-order valence-corrected chi connectivity index (χ1v) is 11.4. The van der Waals surface area contributed by atoms with Gasteiger partial charge in [0.05, 0.1) is 12.6 Å². The minimum atomic E-state index is -0.0434. The maximum absolute atomic E-state index is 13.4. The van der Waals surface area contributed by atoms with Gasteiger partial charge < -0.3 is 24.4 Å². The van der Waals surface area contributed by atoms with Crippen molar-refractivity contribution in [3.8, 4) is 17.2 Å². The number of rotatable bonds is 1. The average molecular weight is 421 g/mol. The number of nitrogens with zero attached hydrogens (tertiary/aromatic N) is 1. The number of carbonyl (C=O) groups is 1. The number of benzene rings is 2. The molecule has 1 spiro atoms. The fraction of sp³-hybridized carbons (Fsp3) is 0.480. The highest BCUT2D eigenvalue weighted by Crippen LogP contribution is 2.52. The summed E-state index contributed by atoms with van der Waals surface area (Å²) < 4.78 is 17.4. The number of nitrogens with one attached hydrogen (secondary N) is 1. The summed E-state index contributed by atoms with van der Waals surface area (Å²) in [5, 5.41) is 3.15. The standard InChI is InChI=1S/C25H28N2O4/c1-16-19-13-22-23(31-11-10-30-22)14-20(19)25(7-2-3-8-25)15-27(16)24(28)26-18-4-5-21-17(12-18)6-9-29-21/h4-5,12-14,16H,2-3,6-11,15H2,1H3,(H,26,28). The molecule has 0 aromatic heterocycles. The molecule has 6 rings (SSSR count). The average Bonchev–Trinajstić information content (AvgIpc) is 3.45. The van der Waals surface area contributed by atoms with E-state index >= 15 is 0 Å². The fourth-order valence-electron chi connectivity index (χ4n) is 5.81. The van der Waals surface area contributed by atoms with E-state index in [1.165, 1.54) is 24.0 Å². The van der Waals surface area contributed by atoms with Crippen molar-refractivity contribution < 1.29 is 19.0 Å². The molecule has 6 nitrogen and oxygen atoms in total. The lowest BCUT2D eigenvalue weighted by atomic mass is 9.71. The van der Waals surface area contributed by atoms with Gasteiger partial charge in [-0.05, 0) is 66.8 Å². The summed E-state index contributed by atoms with van der Waals surface area (Å²) in [6, 6.07) is 10.2. The lowest BCUT2D eigenvalue weighted by Crippen LogP contribution is -2.50. The van der Waals surface area contributed by atoms with Crippen molar-refractivity contribution in [3.05, 3.63) is 47.0 Å². The Morgan fingerprint density at radius 3 is 2.55 bits per heavy atom. The number of urea groups is 1. The Morgan fingerprint density at radius 2 is 1.74 bits per heavy atom. The van der Waals surface area contributed by atoms with Gasteiger partial charge in [-0.15, -0.1) is 0 Å². The van der Waals surface area contributed by atoms with Crippen molar-refractivity contribution in [1.82, 2.24) is 4.90 Å². The first kappa shape index (κ1) is 18.8. The molecule has 4 aliphatic rings. The van der Waals surface area contributed by atoms with E-state index in [4.69, 9.17) is 14.2 Å². The van der Waals surface area contributed by atoms with E-state index in [0.717, 1.165) is 54.3 Å². The van der Waals surface area contributed by atoms with Gasteiger partial charge in [-0.1, -0.05) is 12.8 Å². The first-order valence-electron chi connectivity index (χ1n) is 11.4. The van der Waals surface area contributed by atoms with E-state index in [9.17, 15) is 4.79 Å². The maximum atomic E-state index is 13.4. The number of ether oxygens (including phenoxy) is 3. The summed E-state index contributed by atoms with van der Waals surface area (Å²) in [6.45, 7) is 4.73. The van der Waals surface area contributed by atoms with Crippen LogP contribution in [0.5, 0.6) is 17.2 Å². The van der Waals surface area contributed by atoms with Gasteiger partial charge in [-0.25, -0.2) is 4.79 Å². The van der Waals surface area contributed by atoms with Crippen LogP contribution in [0.1, 0.15) is 55.3 Å². The molecule has 1 atom stereocenters. The normalized spacial score (nSPS) is 22.6. The SMILES string of the molecule is CC1c2cc3c(cc2C2(CCCC2)CN1C(=O)Nc1ccc2c(c1)CCO2)OCCO3. The second-order valence-corrected chi connectivity index (χ2v) is 9.23. The zero-order valence-corrected chi connectivity index (χ0v) is 17.9. The van der Waals surface area contributed by atoms with E-state index in [1.807, 2.05) is 23.1 Å². The molecule has 2 amide bonds. The molecule has 6 heteroatoms. The minimum Gasteiger partial charge on any atom is -0.493 e. The molecular formula is C25H28N2O4. The number of carbonyl (C=O) groups excluding carboxylic acids is 1. The Balaban J connectivity index is 1.34. The van der Waals surface area contributed by atoms with Gasteiger partial charge in [0.2, 0.25) is 0 Å². The van der Waals surface area contributed by atoms with Crippen LogP contribution < -0.4 is 19.5 Å². The highest BCUT2D eigenvalue weighted by atomic mass is 16.6. The molecule has 2 aromatic rings.